The van der Waals surface area contributed by atoms with E-state index in [2.05, 4.69) is 29.9 Å². The fourth-order valence-electron chi connectivity index (χ4n) is 3.73. The van der Waals surface area contributed by atoms with Crippen molar-refractivity contribution in [2.24, 2.45) is 4.99 Å². The van der Waals surface area contributed by atoms with E-state index in [1.54, 1.807) is 24.5 Å². The zero-order valence-electron chi connectivity index (χ0n) is 17.2. The van der Waals surface area contributed by atoms with Crippen LogP contribution in [-0.4, -0.2) is 36.9 Å². The number of hydrogen-bond donors (Lipinski definition) is 0. The fourth-order valence-corrected chi connectivity index (χ4v) is 3.73. The van der Waals surface area contributed by atoms with E-state index in [0.717, 1.165) is 11.8 Å². The van der Waals surface area contributed by atoms with E-state index in [4.69, 9.17) is 0 Å². The van der Waals surface area contributed by atoms with Crippen molar-refractivity contribution in [2.75, 3.05) is 0 Å². The van der Waals surface area contributed by atoms with Gasteiger partial charge < -0.3 is 0 Å². The molecule has 0 spiro atoms. The van der Waals surface area contributed by atoms with Crippen molar-refractivity contribution in [1.29, 1.82) is 0 Å². The van der Waals surface area contributed by atoms with Gasteiger partial charge in [0.05, 0.1) is 17.6 Å². The molecule has 4 heterocycles. The lowest BCUT2D eigenvalue weighted by atomic mass is 9.97. The summed E-state index contributed by atoms with van der Waals surface area (Å²) in [5, 5.41) is 0. The molecule has 0 amide bonds. The second-order valence-corrected chi connectivity index (χ2v) is 7.40. The maximum Gasteiger partial charge on any atom is 0.187 e. The molecule has 0 fully saturated rings. The smallest absolute Gasteiger partial charge is 0.187 e. The first-order valence-corrected chi connectivity index (χ1v) is 10.2. The van der Waals surface area contributed by atoms with Crippen molar-refractivity contribution in [3.05, 3.63) is 95.2 Å². The zero-order chi connectivity index (χ0) is 22.8. The maximum absolute atomic E-state index is 15.3. The monoisotopic (exact) mass is 442 g/mol. The Kier molecular flexibility index (Phi) is 5.43. The van der Waals surface area contributed by atoms with Gasteiger partial charge in [0.15, 0.2) is 5.78 Å². The number of nitrogens with zero attached hydrogens (tertiary/aromatic N) is 6. The van der Waals surface area contributed by atoms with Gasteiger partial charge in [0.2, 0.25) is 0 Å². The lowest BCUT2D eigenvalue weighted by Gasteiger charge is -2.13. The molecule has 7 nitrogen and oxygen atoms in total. The number of hydrogen-bond acceptors (Lipinski definition) is 7. The average Bonchev–Trinajstić information content (AvgIpc) is 3.33. The number of carbonyl (C=O) groups excluding carboxylic acids is 1. The molecule has 162 valence electrons. The number of aliphatic imine (C=N–C) groups is 1. The average molecular weight is 442 g/mol. The first-order valence-electron chi connectivity index (χ1n) is 10.2. The topological polar surface area (TPSA) is 93.9 Å². The van der Waals surface area contributed by atoms with Crippen LogP contribution in [0.15, 0.2) is 60.4 Å². The number of pyridine rings is 1. The van der Waals surface area contributed by atoms with Gasteiger partial charge in [-0.3, -0.25) is 19.8 Å². The van der Waals surface area contributed by atoms with Crippen molar-refractivity contribution in [3.63, 3.8) is 0 Å². The highest BCUT2D eigenvalue weighted by Crippen LogP contribution is 2.35. The molecule has 0 atom stereocenters. The Morgan fingerprint density at radius 1 is 1.00 bits per heavy atom. The van der Waals surface area contributed by atoms with Crippen molar-refractivity contribution in [1.82, 2.24) is 24.9 Å². The highest BCUT2D eigenvalue weighted by atomic mass is 19.1. The zero-order valence-corrected chi connectivity index (χ0v) is 17.2. The molecule has 3 aromatic heterocycles. The first-order chi connectivity index (χ1) is 16.1. The second-order valence-electron chi connectivity index (χ2n) is 7.40. The Bertz CT molecular complexity index is 1390. The van der Waals surface area contributed by atoms with Crippen LogP contribution in [0.5, 0.6) is 0 Å². The lowest BCUT2D eigenvalue weighted by molar-refractivity contribution is 0.0986. The number of fused-ring (bicyclic) bond motifs is 1. The van der Waals surface area contributed by atoms with Gasteiger partial charge in [-0.25, -0.2) is 23.7 Å². The van der Waals surface area contributed by atoms with Crippen LogP contribution in [0.3, 0.4) is 0 Å². The summed E-state index contributed by atoms with van der Waals surface area (Å²) in [6.45, 7) is 0. The highest BCUT2D eigenvalue weighted by molar-refractivity contribution is 5.95. The maximum atomic E-state index is 15.3. The molecule has 0 unspecified atom stereocenters. The fraction of sp³-hybridized carbons (Fsp3) is 0.125. The van der Waals surface area contributed by atoms with Gasteiger partial charge in [-0.05, 0) is 23.8 Å². The predicted octanol–water partition coefficient (Wildman–Crippen LogP) is 3.88. The molecule has 0 N–H and O–H groups in total. The molecule has 0 radical (unpaired) electrons. The van der Waals surface area contributed by atoms with Gasteiger partial charge in [-0.15, -0.1) is 0 Å². The summed E-state index contributed by atoms with van der Waals surface area (Å²) in [7, 11) is 0. The van der Waals surface area contributed by atoms with E-state index >= 15 is 4.39 Å². The van der Waals surface area contributed by atoms with E-state index in [1.165, 1.54) is 31.0 Å². The van der Waals surface area contributed by atoms with E-state index in [9.17, 15) is 9.18 Å². The summed E-state index contributed by atoms with van der Waals surface area (Å²) in [6, 6.07) is 5.95. The van der Waals surface area contributed by atoms with Crippen LogP contribution < -0.4 is 0 Å². The van der Waals surface area contributed by atoms with Gasteiger partial charge in [-0.2, -0.15) is 0 Å². The van der Waals surface area contributed by atoms with Gasteiger partial charge in [0.1, 0.15) is 35.0 Å². The SMILES string of the molecule is O=C(Cc1ccc(F)c(Cc2ncccc2-c2ncnc3c2N=CC3)c1F)c1cnccn1. The summed E-state index contributed by atoms with van der Waals surface area (Å²) in [4.78, 5) is 37.6. The first kappa shape index (κ1) is 20.6. The Balaban J connectivity index is 1.50. The molecule has 9 heteroatoms. The number of carbonyl (C=O) groups is 1. The minimum Gasteiger partial charge on any atom is -0.292 e. The molecule has 5 rings (SSSR count). The van der Waals surface area contributed by atoms with Crippen molar-refractivity contribution < 1.29 is 13.6 Å². The summed E-state index contributed by atoms with van der Waals surface area (Å²) in [6.07, 6.45) is 9.10. The van der Waals surface area contributed by atoms with E-state index < -0.39 is 17.4 Å². The standard InChI is InChI=1S/C24H16F2N6O/c25-17-4-3-14(10-21(33)20-12-27-8-9-29-20)22(26)16(17)11-19-15(2-1-6-28-19)23-24-18(5-7-30-24)31-13-32-23/h1-4,6-9,12-13H,5,10-11H2. The highest BCUT2D eigenvalue weighted by Gasteiger charge is 2.22. The lowest BCUT2D eigenvalue weighted by Crippen LogP contribution is -2.10. The molecule has 0 saturated heterocycles. The molecule has 1 aliphatic heterocycles. The third kappa shape index (κ3) is 4.00. The third-order valence-electron chi connectivity index (χ3n) is 5.36. The minimum atomic E-state index is -0.783. The normalized spacial score (nSPS) is 12.1. The van der Waals surface area contributed by atoms with E-state index in [-0.39, 0.29) is 29.7 Å². The molecule has 0 bridgehead atoms. The van der Waals surface area contributed by atoms with Crippen LogP contribution in [0.4, 0.5) is 14.5 Å². The predicted molar refractivity (Wildman–Crippen MR) is 116 cm³/mol. The molecule has 1 aromatic carbocycles. The van der Waals surface area contributed by atoms with Crippen molar-refractivity contribution in [3.8, 4) is 11.3 Å². The molecule has 0 aliphatic carbocycles. The molecule has 33 heavy (non-hydrogen) atoms. The number of halogens is 2. The quantitative estimate of drug-likeness (QED) is 0.421. The molecule has 0 saturated carbocycles. The van der Waals surface area contributed by atoms with Crippen molar-refractivity contribution in [2.45, 2.75) is 19.3 Å². The largest absolute Gasteiger partial charge is 0.292 e. The second kappa shape index (κ2) is 8.70. The van der Waals surface area contributed by atoms with Crippen LogP contribution >= 0.6 is 0 Å². The van der Waals surface area contributed by atoms with Gasteiger partial charge >= 0.3 is 0 Å². The Hall–Kier alpha value is -4.27. The Morgan fingerprint density at radius 2 is 1.91 bits per heavy atom. The summed E-state index contributed by atoms with van der Waals surface area (Å²) in [5.41, 5.74) is 3.07. The summed E-state index contributed by atoms with van der Waals surface area (Å²) < 4.78 is 30.0. The minimum absolute atomic E-state index is 0.0760. The summed E-state index contributed by atoms with van der Waals surface area (Å²) in [5.74, 6) is -1.91. The Morgan fingerprint density at radius 3 is 2.76 bits per heavy atom. The number of ketones is 1. The summed E-state index contributed by atoms with van der Waals surface area (Å²) >= 11 is 0. The number of aromatic nitrogens is 5. The van der Waals surface area contributed by atoms with Crippen LogP contribution in [0.25, 0.3) is 11.3 Å². The van der Waals surface area contributed by atoms with Crippen LogP contribution in [0.2, 0.25) is 0 Å². The van der Waals surface area contributed by atoms with Crippen LogP contribution in [0, 0.1) is 11.6 Å². The molecular formula is C24H16F2N6O. The van der Waals surface area contributed by atoms with E-state index in [0.29, 0.717) is 29.1 Å². The van der Waals surface area contributed by atoms with Gasteiger partial charge in [0, 0.05) is 55.2 Å². The molecule has 4 aromatic rings. The molecule has 1 aliphatic rings. The number of rotatable bonds is 6. The number of benzene rings is 1. The number of Topliss-reactive ketones (excluding diaryl/α,β-unsaturated/α-hetero) is 1. The Labute approximate surface area is 187 Å². The van der Waals surface area contributed by atoms with Crippen molar-refractivity contribution >= 4 is 17.7 Å². The van der Waals surface area contributed by atoms with Crippen LogP contribution in [0.1, 0.15) is 33.0 Å². The third-order valence-corrected chi connectivity index (χ3v) is 5.36. The van der Waals surface area contributed by atoms with Gasteiger partial charge in [-0.1, -0.05) is 6.07 Å². The van der Waals surface area contributed by atoms with Gasteiger partial charge in [0.25, 0.3) is 0 Å². The van der Waals surface area contributed by atoms with Crippen LogP contribution in [-0.2, 0) is 19.3 Å². The molecular weight excluding hydrogens is 426 g/mol. The van der Waals surface area contributed by atoms with E-state index in [1.807, 2.05) is 0 Å².